The zero-order chi connectivity index (χ0) is 8.32. The summed E-state index contributed by atoms with van der Waals surface area (Å²) in [5.74, 6) is 0. The molecule has 1 aliphatic carbocycles. The molecule has 2 N–H and O–H groups in total. The molecule has 1 rings (SSSR count). The molecule has 1 aliphatic rings. The summed E-state index contributed by atoms with van der Waals surface area (Å²) >= 11 is 0. The zero-order valence-corrected chi connectivity index (χ0v) is 7.90. The maximum atomic E-state index is 6.12. The summed E-state index contributed by atoms with van der Waals surface area (Å²) in [6, 6.07) is 0.454. The van der Waals surface area contributed by atoms with Crippen LogP contribution in [0.1, 0.15) is 52.4 Å². The van der Waals surface area contributed by atoms with E-state index in [-0.39, 0.29) is 0 Å². The number of hydrogen-bond acceptors (Lipinski definition) is 1. The third-order valence-electron chi connectivity index (χ3n) is 3.24. The molecule has 0 heterocycles. The van der Waals surface area contributed by atoms with E-state index >= 15 is 0 Å². The quantitative estimate of drug-likeness (QED) is 0.666. The smallest absolute Gasteiger partial charge is 0.00928 e. The van der Waals surface area contributed by atoms with E-state index in [4.69, 9.17) is 5.73 Å². The molecule has 66 valence electrons. The van der Waals surface area contributed by atoms with E-state index in [9.17, 15) is 0 Å². The lowest BCUT2D eigenvalue weighted by Crippen LogP contribution is -2.37. The summed E-state index contributed by atoms with van der Waals surface area (Å²) in [6.07, 6.45) is 7.94. The van der Waals surface area contributed by atoms with Crippen molar-refractivity contribution >= 4 is 0 Å². The van der Waals surface area contributed by atoms with Crippen LogP contribution < -0.4 is 5.73 Å². The maximum absolute atomic E-state index is 6.12. The van der Waals surface area contributed by atoms with Crippen molar-refractivity contribution in [3.8, 4) is 0 Å². The van der Waals surface area contributed by atoms with Crippen molar-refractivity contribution in [1.29, 1.82) is 0 Å². The lowest BCUT2D eigenvalue weighted by molar-refractivity contribution is 0.249. The maximum Gasteiger partial charge on any atom is 0.00928 e. The molecular formula is C10H21N. The fraction of sp³-hybridized carbons (Fsp3) is 1.00. The van der Waals surface area contributed by atoms with Crippen LogP contribution in [0.25, 0.3) is 0 Å². The molecule has 1 saturated carbocycles. The fourth-order valence-electron chi connectivity index (χ4n) is 2.21. The summed E-state index contributed by atoms with van der Waals surface area (Å²) in [5, 5.41) is 0. The lowest BCUT2D eigenvalue weighted by Gasteiger charge is -2.30. The first-order chi connectivity index (χ1) is 5.19. The van der Waals surface area contributed by atoms with Crippen LogP contribution in [0, 0.1) is 5.41 Å². The minimum Gasteiger partial charge on any atom is -0.327 e. The Hall–Kier alpha value is -0.0400. The van der Waals surface area contributed by atoms with Gasteiger partial charge in [-0.15, -0.1) is 0 Å². The van der Waals surface area contributed by atoms with Crippen LogP contribution in [0.2, 0.25) is 0 Å². The molecule has 0 aromatic heterocycles. The molecule has 1 unspecified atom stereocenters. The van der Waals surface area contributed by atoms with Crippen LogP contribution >= 0.6 is 0 Å². The van der Waals surface area contributed by atoms with Crippen LogP contribution in [0.3, 0.4) is 0 Å². The first-order valence-electron chi connectivity index (χ1n) is 4.94. The van der Waals surface area contributed by atoms with E-state index in [0.29, 0.717) is 11.5 Å². The van der Waals surface area contributed by atoms with Crippen LogP contribution in [-0.4, -0.2) is 6.04 Å². The Balaban J connectivity index is 2.42. The molecule has 0 aromatic rings. The molecular weight excluding hydrogens is 134 g/mol. The highest BCUT2D eigenvalue weighted by Gasteiger charge is 2.33. The summed E-state index contributed by atoms with van der Waals surface area (Å²) in [6.45, 7) is 4.58. The number of hydrogen-bond donors (Lipinski definition) is 1. The summed E-state index contributed by atoms with van der Waals surface area (Å²) in [7, 11) is 0. The van der Waals surface area contributed by atoms with Gasteiger partial charge in [0.25, 0.3) is 0 Å². The van der Waals surface area contributed by atoms with Crippen molar-refractivity contribution in [1.82, 2.24) is 0 Å². The Kier molecular flexibility index (Phi) is 2.94. The van der Waals surface area contributed by atoms with Gasteiger partial charge in [-0.1, -0.05) is 33.1 Å². The van der Waals surface area contributed by atoms with E-state index in [1.165, 1.54) is 38.5 Å². The van der Waals surface area contributed by atoms with Crippen LogP contribution in [0.15, 0.2) is 0 Å². The predicted octanol–water partition coefficient (Wildman–Crippen LogP) is 2.69. The van der Waals surface area contributed by atoms with Gasteiger partial charge in [0.15, 0.2) is 0 Å². The van der Waals surface area contributed by atoms with E-state index in [1.54, 1.807) is 0 Å². The third-order valence-corrected chi connectivity index (χ3v) is 3.24. The minimum absolute atomic E-state index is 0.454. The van der Waals surface area contributed by atoms with E-state index in [2.05, 4.69) is 13.8 Å². The molecule has 0 spiro atoms. The predicted molar refractivity (Wildman–Crippen MR) is 49.5 cm³/mol. The van der Waals surface area contributed by atoms with Crippen molar-refractivity contribution in [2.75, 3.05) is 0 Å². The number of nitrogens with two attached hydrogens (primary N) is 1. The van der Waals surface area contributed by atoms with Crippen molar-refractivity contribution in [2.24, 2.45) is 11.1 Å². The van der Waals surface area contributed by atoms with Crippen LogP contribution in [0.5, 0.6) is 0 Å². The van der Waals surface area contributed by atoms with Gasteiger partial charge < -0.3 is 5.73 Å². The van der Waals surface area contributed by atoms with Crippen molar-refractivity contribution in [3.63, 3.8) is 0 Å². The highest BCUT2D eigenvalue weighted by Crippen LogP contribution is 2.40. The van der Waals surface area contributed by atoms with Crippen molar-refractivity contribution in [3.05, 3.63) is 0 Å². The van der Waals surface area contributed by atoms with Crippen LogP contribution in [0.4, 0.5) is 0 Å². The molecule has 0 radical (unpaired) electrons. The number of rotatable bonds is 3. The molecule has 0 saturated heterocycles. The Morgan fingerprint density at radius 3 is 2.36 bits per heavy atom. The molecule has 1 atom stereocenters. The summed E-state index contributed by atoms with van der Waals surface area (Å²) in [5.41, 5.74) is 6.61. The Bertz CT molecular complexity index is 114. The van der Waals surface area contributed by atoms with Gasteiger partial charge in [-0.25, -0.2) is 0 Å². The lowest BCUT2D eigenvalue weighted by atomic mass is 9.79. The average molecular weight is 155 g/mol. The topological polar surface area (TPSA) is 26.0 Å². The SMILES string of the molecule is CCCC(N)C1(C)CCCC1. The Labute approximate surface area is 70.4 Å². The second kappa shape index (κ2) is 3.57. The fourth-order valence-corrected chi connectivity index (χ4v) is 2.21. The zero-order valence-electron chi connectivity index (χ0n) is 7.90. The minimum atomic E-state index is 0.454. The molecule has 1 fully saturated rings. The largest absolute Gasteiger partial charge is 0.327 e. The van der Waals surface area contributed by atoms with E-state index in [1.807, 2.05) is 0 Å². The molecule has 0 amide bonds. The Morgan fingerprint density at radius 2 is 1.91 bits per heavy atom. The van der Waals surface area contributed by atoms with Crippen molar-refractivity contribution in [2.45, 2.75) is 58.4 Å². The molecule has 0 aromatic carbocycles. The van der Waals surface area contributed by atoms with E-state index < -0.39 is 0 Å². The van der Waals surface area contributed by atoms with Gasteiger partial charge in [0.1, 0.15) is 0 Å². The van der Waals surface area contributed by atoms with Gasteiger partial charge >= 0.3 is 0 Å². The summed E-state index contributed by atoms with van der Waals surface area (Å²) < 4.78 is 0. The van der Waals surface area contributed by atoms with Crippen LogP contribution in [-0.2, 0) is 0 Å². The average Bonchev–Trinajstić information content (AvgIpc) is 2.38. The molecule has 0 aliphatic heterocycles. The van der Waals surface area contributed by atoms with Gasteiger partial charge in [0, 0.05) is 6.04 Å². The third kappa shape index (κ3) is 1.96. The first-order valence-corrected chi connectivity index (χ1v) is 4.94. The second-order valence-corrected chi connectivity index (χ2v) is 4.26. The van der Waals surface area contributed by atoms with Gasteiger partial charge in [0.05, 0.1) is 0 Å². The van der Waals surface area contributed by atoms with Gasteiger partial charge in [-0.05, 0) is 24.7 Å². The Morgan fingerprint density at radius 1 is 1.36 bits per heavy atom. The molecule has 0 bridgehead atoms. The highest BCUT2D eigenvalue weighted by molar-refractivity contribution is 4.88. The van der Waals surface area contributed by atoms with E-state index in [0.717, 1.165) is 0 Å². The molecule has 1 heteroatoms. The monoisotopic (exact) mass is 155 g/mol. The normalized spacial score (nSPS) is 25.4. The van der Waals surface area contributed by atoms with Gasteiger partial charge in [-0.2, -0.15) is 0 Å². The second-order valence-electron chi connectivity index (χ2n) is 4.26. The van der Waals surface area contributed by atoms with Gasteiger partial charge in [-0.3, -0.25) is 0 Å². The standard InChI is InChI=1S/C10H21N/c1-3-6-9(11)10(2)7-4-5-8-10/h9H,3-8,11H2,1-2H3. The molecule has 11 heavy (non-hydrogen) atoms. The molecule has 1 nitrogen and oxygen atoms in total. The van der Waals surface area contributed by atoms with Crippen molar-refractivity contribution < 1.29 is 0 Å². The first kappa shape index (κ1) is 9.05. The summed E-state index contributed by atoms with van der Waals surface area (Å²) in [4.78, 5) is 0. The highest BCUT2D eigenvalue weighted by atomic mass is 14.7. The van der Waals surface area contributed by atoms with Gasteiger partial charge in [0.2, 0.25) is 0 Å².